The molecular formula is C22H25BrF2O. The summed E-state index contributed by atoms with van der Waals surface area (Å²) in [6.45, 7) is 8.72. The molecule has 26 heavy (non-hydrogen) atoms. The van der Waals surface area contributed by atoms with Crippen LogP contribution in [0.1, 0.15) is 38.7 Å². The van der Waals surface area contributed by atoms with Crippen LogP contribution in [0.15, 0.2) is 65.8 Å². The lowest BCUT2D eigenvalue weighted by Gasteiger charge is -2.24. The Morgan fingerprint density at radius 2 is 2.00 bits per heavy atom. The number of hydrogen-bond acceptors (Lipinski definition) is 1. The van der Waals surface area contributed by atoms with E-state index in [-0.39, 0.29) is 12.8 Å². The number of halogens is 3. The quantitative estimate of drug-likeness (QED) is 0.335. The topological polar surface area (TPSA) is 9.23 Å². The minimum Gasteiger partial charge on any atom is -0.493 e. The zero-order chi connectivity index (χ0) is 19.2. The molecule has 1 aliphatic rings. The lowest BCUT2D eigenvalue weighted by Crippen LogP contribution is -2.19. The average molecular weight is 423 g/mol. The van der Waals surface area contributed by atoms with E-state index < -0.39 is 5.92 Å². The van der Waals surface area contributed by atoms with Gasteiger partial charge in [-0.1, -0.05) is 52.9 Å². The van der Waals surface area contributed by atoms with E-state index >= 15 is 0 Å². The average Bonchev–Trinajstić information content (AvgIpc) is 2.61. The first-order chi connectivity index (χ1) is 12.4. The van der Waals surface area contributed by atoms with E-state index in [0.717, 1.165) is 38.9 Å². The molecule has 1 nitrogen and oxygen atoms in total. The van der Waals surface area contributed by atoms with Gasteiger partial charge in [-0.3, -0.25) is 0 Å². The highest BCUT2D eigenvalue weighted by Crippen LogP contribution is 2.38. The third kappa shape index (κ3) is 5.41. The largest absolute Gasteiger partial charge is 0.493 e. The molecule has 1 aromatic carbocycles. The Kier molecular flexibility index (Phi) is 7.39. The van der Waals surface area contributed by atoms with Crippen molar-refractivity contribution in [2.45, 2.75) is 39.0 Å². The molecule has 0 saturated heterocycles. The van der Waals surface area contributed by atoms with Crippen LogP contribution in [-0.4, -0.2) is 17.9 Å². The lowest BCUT2D eigenvalue weighted by molar-refractivity contribution is -0.00832. The molecule has 1 aromatic rings. The fraction of sp³-hybridized carbons (Fsp3) is 0.364. The van der Waals surface area contributed by atoms with Gasteiger partial charge >= 0.3 is 0 Å². The second-order valence-electron chi connectivity index (χ2n) is 6.38. The predicted octanol–water partition coefficient (Wildman–Crippen LogP) is 7.11. The Balaban J connectivity index is 2.40. The van der Waals surface area contributed by atoms with Crippen molar-refractivity contribution in [1.82, 2.24) is 0 Å². The van der Waals surface area contributed by atoms with Crippen molar-refractivity contribution in [3.05, 3.63) is 71.4 Å². The van der Waals surface area contributed by atoms with Gasteiger partial charge in [0.15, 0.2) is 0 Å². The van der Waals surface area contributed by atoms with E-state index in [4.69, 9.17) is 4.74 Å². The van der Waals surface area contributed by atoms with Crippen LogP contribution in [-0.2, 0) is 0 Å². The molecule has 0 amide bonds. The van der Waals surface area contributed by atoms with Gasteiger partial charge in [0.25, 0.3) is 5.92 Å². The molecular weight excluding hydrogens is 398 g/mol. The van der Waals surface area contributed by atoms with E-state index in [9.17, 15) is 8.78 Å². The van der Waals surface area contributed by atoms with Gasteiger partial charge in [-0.15, -0.1) is 0 Å². The van der Waals surface area contributed by atoms with Gasteiger partial charge < -0.3 is 4.74 Å². The third-order valence-corrected chi connectivity index (χ3v) is 4.77. The summed E-state index contributed by atoms with van der Waals surface area (Å²) in [6.07, 6.45) is 5.66. The second kappa shape index (κ2) is 9.31. The maximum Gasteiger partial charge on any atom is 0.251 e. The van der Waals surface area contributed by atoms with Crippen LogP contribution in [0, 0.1) is 0 Å². The molecule has 0 aromatic heterocycles. The van der Waals surface area contributed by atoms with Crippen LogP contribution in [0.25, 0.3) is 5.57 Å². The van der Waals surface area contributed by atoms with E-state index in [1.54, 1.807) is 6.08 Å². The summed E-state index contributed by atoms with van der Waals surface area (Å²) in [4.78, 5) is 0. The van der Waals surface area contributed by atoms with Crippen LogP contribution in [0.5, 0.6) is 5.75 Å². The molecule has 0 saturated carbocycles. The first-order valence-corrected chi connectivity index (χ1v) is 9.89. The molecule has 0 atom stereocenters. The molecule has 0 aliphatic heterocycles. The third-order valence-electron chi connectivity index (χ3n) is 4.44. The Morgan fingerprint density at radius 3 is 2.54 bits per heavy atom. The number of ether oxygens (including phenoxy) is 1. The van der Waals surface area contributed by atoms with E-state index in [1.807, 2.05) is 50.3 Å². The first kappa shape index (κ1) is 20.6. The standard InChI is InChI=1S/C22H25BrF2O/c1-4-5-16(2)21(17(3)18-10-12-22(24,25)13-11-18)19-6-8-20(9-7-19)26-15-14-23/h4-10H,2,11-15H2,1,3H3/b5-4-,21-17-. The summed E-state index contributed by atoms with van der Waals surface area (Å²) in [5, 5.41) is 0.774. The highest BCUT2D eigenvalue weighted by Gasteiger charge is 2.31. The number of benzene rings is 1. The zero-order valence-corrected chi connectivity index (χ0v) is 16.9. The molecule has 4 heteroatoms. The van der Waals surface area contributed by atoms with Gasteiger partial charge in [0.1, 0.15) is 5.75 Å². The monoisotopic (exact) mass is 422 g/mol. The normalized spacial score (nSPS) is 17.7. The molecule has 0 spiro atoms. The fourth-order valence-corrected chi connectivity index (χ4v) is 3.26. The minimum atomic E-state index is -2.58. The van der Waals surface area contributed by atoms with Crippen molar-refractivity contribution in [3.63, 3.8) is 0 Å². The van der Waals surface area contributed by atoms with Gasteiger partial charge in [-0.05, 0) is 60.3 Å². The van der Waals surface area contributed by atoms with Gasteiger partial charge in [0.05, 0.1) is 6.61 Å². The SMILES string of the molecule is C=C(/C=C\C)/C(=C(\C)C1=CCC(F)(F)CC1)c1ccc(OCCBr)cc1. The molecule has 140 valence electrons. The maximum atomic E-state index is 13.5. The molecule has 2 rings (SSSR count). The second-order valence-corrected chi connectivity index (χ2v) is 7.17. The first-order valence-electron chi connectivity index (χ1n) is 8.77. The smallest absolute Gasteiger partial charge is 0.251 e. The molecule has 0 bridgehead atoms. The Hall–Kier alpha value is -1.68. The van der Waals surface area contributed by atoms with Crippen LogP contribution >= 0.6 is 15.9 Å². The summed E-state index contributed by atoms with van der Waals surface area (Å²) in [6, 6.07) is 7.85. The summed E-state index contributed by atoms with van der Waals surface area (Å²) in [5.41, 5.74) is 4.87. The van der Waals surface area contributed by atoms with Crippen molar-refractivity contribution in [2.24, 2.45) is 0 Å². The van der Waals surface area contributed by atoms with E-state index in [2.05, 4.69) is 22.5 Å². The Labute approximate surface area is 163 Å². The highest BCUT2D eigenvalue weighted by molar-refractivity contribution is 9.09. The molecule has 0 radical (unpaired) electrons. The van der Waals surface area contributed by atoms with Gasteiger partial charge in [-0.2, -0.15) is 0 Å². The van der Waals surface area contributed by atoms with Gasteiger partial charge in [0, 0.05) is 18.2 Å². The van der Waals surface area contributed by atoms with Crippen LogP contribution in [0.4, 0.5) is 8.78 Å². The molecule has 0 heterocycles. The van der Waals surface area contributed by atoms with Gasteiger partial charge in [0.2, 0.25) is 0 Å². The van der Waals surface area contributed by atoms with Gasteiger partial charge in [-0.25, -0.2) is 8.78 Å². The lowest BCUT2D eigenvalue weighted by atomic mass is 9.85. The predicted molar refractivity (Wildman–Crippen MR) is 109 cm³/mol. The zero-order valence-electron chi connectivity index (χ0n) is 15.3. The van der Waals surface area contributed by atoms with E-state index in [1.165, 1.54) is 0 Å². The Morgan fingerprint density at radius 1 is 1.31 bits per heavy atom. The van der Waals surface area contributed by atoms with E-state index in [0.29, 0.717) is 13.0 Å². The maximum absolute atomic E-state index is 13.5. The van der Waals surface area contributed by atoms with Crippen molar-refractivity contribution >= 4 is 21.5 Å². The summed E-state index contributed by atoms with van der Waals surface area (Å²) in [5.74, 6) is -1.78. The minimum absolute atomic E-state index is 0.0983. The molecule has 0 unspecified atom stereocenters. The summed E-state index contributed by atoms with van der Waals surface area (Å²) >= 11 is 3.34. The highest BCUT2D eigenvalue weighted by atomic mass is 79.9. The number of hydrogen-bond donors (Lipinski definition) is 0. The number of allylic oxidation sites excluding steroid dienone is 7. The van der Waals surface area contributed by atoms with Crippen molar-refractivity contribution in [3.8, 4) is 5.75 Å². The molecule has 0 fully saturated rings. The molecule has 0 N–H and O–H groups in total. The summed E-state index contributed by atoms with van der Waals surface area (Å²) < 4.78 is 32.6. The molecule has 1 aliphatic carbocycles. The van der Waals surface area contributed by atoms with Crippen molar-refractivity contribution < 1.29 is 13.5 Å². The van der Waals surface area contributed by atoms with Crippen LogP contribution < -0.4 is 4.74 Å². The number of rotatable bonds is 7. The number of alkyl halides is 3. The van der Waals surface area contributed by atoms with Crippen molar-refractivity contribution in [1.29, 1.82) is 0 Å². The van der Waals surface area contributed by atoms with Crippen LogP contribution in [0.3, 0.4) is 0 Å². The summed E-state index contributed by atoms with van der Waals surface area (Å²) in [7, 11) is 0. The van der Waals surface area contributed by atoms with Crippen LogP contribution in [0.2, 0.25) is 0 Å². The fourth-order valence-electron chi connectivity index (χ4n) is 3.10. The Bertz CT molecular complexity index is 727. The van der Waals surface area contributed by atoms with Crippen molar-refractivity contribution in [2.75, 3.05) is 11.9 Å².